The SMILES string of the molecule is CCCc1c(CC)nc(C2CC2)nc1C(F)(F)F.CNCC1CCC(C)(C)CC1.Clc1ccccc1. The van der Waals surface area contributed by atoms with Gasteiger partial charge in [-0.3, -0.25) is 0 Å². The van der Waals surface area contributed by atoms with Crippen molar-refractivity contribution in [3.63, 3.8) is 0 Å². The van der Waals surface area contributed by atoms with Crippen LogP contribution in [0.5, 0.6) is 0 Å². The minimum Gasteiger partial charge on any atom is -0.319 e. The summed E-state index contributed by atoms with van der Waals surface area (Å²) in [5.41, 5.74) is 0.778. The van der Waals surface area contributed by atoms with Crippen LogP contribution in [0.3, 0.4) is 0 Å². The summed E-state index contributed by atoms with van der Waals surface area (Å²) >= 11 is 5.54. The maximum atomic E-state index is 13.1. The van der Waals surface area contributed by atoms with Crippen molar-refractivity contribution in [3.05, 3.63) is 58.1 Å². The molecule has 2 aliphatic rings. The van der Waals surface area contributed by atoms with E-state index in [0.29, 0.717) is 36.2 Å². The van der Waals surface area contributed by atoms with E-state index in [2.05, 4.69) is 36.2 Å². The second kappa shape index (κ2) is 14.3. The summed E-state index contributed by atoms with van der Waals surface area (Å²) in [6, 6.07) is 9.44. The van der Waals surface area contributed by atoms with Gasteiger partial charge in [0.1, 0.15) is 5.82 Å². The Hall–Kier alpha value is -1.66. The maximum Gasteiger partial charge on any atom is 0.433 e. The monoisotopic (exact) mass is 525 g/mol. The van der Waals surface area contributed by atoms with E-state index in [9.17, 15) is 13.2 Å². The quantitative estimate of drug-likeness (QED) is 0.410. The van der Waals surface area contributed by atoms with E-state index >= 15 is 0 Å². The van der Waals surface area contributed by atoms with Gasteiger partial charge in [0.15, 0.2) is 5.69 Å². The molecule has 4 rings (SSSR count). The van der Waals surface area contributed by atoms with Crippen molar-refractivity contribution >= 4 is 11.6 Å². The van der Waals surface area contributed by atoms with Crippen LogP contribution in [0, 0.1) is 11.3 Å². The summed E-state index contributed by atoms with van der Waals surface area (Å²) in [5, 5.41) is 4.06. The van der Waals surface area contributed by atoms with Crippen LogP contribution in [-0.4, -0.2) is 23.6 Å². The van der Waals surface area contributed by atoms with E-state index in [1.807, 2.05) is 44.2 Å². The average Bonchev–Trinajstić information content (AvgIpc) is 3.67. The van der Waals surface area contributed by atoms with Gasteiger partial charge in [0, 0.05) is 22.2 Å². The Labute approximate surface area is 220 Å². The first-order valence-electron chi connectivity index (χ1n) is 13.3. The lowest BCUT2D eigenvalue weighted by Crippen LogP contribution is -2.27. The number of nitrogens with one attached hydrogen (secondary N) is 1. The molecule has 0 amide bonds. The molecule has 2 aliphatic carbocycles. The molecule has 2 saturated carbocycles. The molecule has 0 spiro atoms. The number of halogens is 4. The van der Waals surface area contributed by atoms with E-state index in [4.69, 9.17) is 11.6 Å². The van der Waals surface area contributed by atoms with Crippen molar-refractivity contribution in [1.82, 2.24) is 15.3 Å². The summed E-state index contributed by atoms with van der Waals surface area (Å²) in [6.45, 7) is 9.72. The zero-order valence-electron chi connectivity index (χ0n) is 22.5. The van der Waals surface area contributed by atoms with Gasteiger partial charge >= 0.3 is 6.18 Å². The molecule has 0 bridgehead atoms. The number of alkyl halides is 3. The molecule has 1 heterocycles. The summed E-state index contributed by atoms with van der Waals surface area (Å²) in [4.78, 5) is 8.13. The fraction of sp³-hybridized carbons (Fsp3) is 0.655. The summed E-state index contributed by atoms with van der Waals surface area (Å²) in [7, 11) is 2.06. The highest BCUT2D eigenvalue weighted by Gasteiger charge is 2.38. The largest absolute Gasteiger partial charge is 0.433 e. The van der Waals surface area contributed by atoms with Gasteiger partial charge in [0.2, 0.25) is 0 Å². The van der Waals surface area contributed by atoms with E-state index in [-0.39, 0.29) is 11.5 Å². The van der Waals surface area contributed by atoms with Gasteiger partial charge < -0.3 is 5.32 Å². The van der Waals surface area contributed by atoms with Crippen LogP contribution in [0.4, 0.5) is 13.2 Å². The van der Waals surface area contributed by atoms with Gasteiger partial charge in [0.25, 0.3) is 0 Å². The van der Waals surface area contributed by atoms with Crippen molar-refractivity contribution in [1.29, 1.82) is 0 Å². The Bertz CT molecular complexity index is 902. The molecule has 202 valence electrons. The highest BCUT2D eigenvalue weighted by molar-refractivity contribution is 6.30. The van der Waals surface area contributed by atoms with Gasteiger partial charge in [0.05, 0.1) is 0 Å². The Morgan fingerprint density at radius 2 is 1.61 bits per heavy atom. The molecule has 0 aliphatic heterocycles. The van der Waals surface area contributed by atoms with Crippen LogP contribution in [0.2, 0.25) is 5.02 Å². The number of hydrogen-bond acceptors (Lipinski definition) is 3. The number of aryl methyl sites for hydroxylation is 1. The molecule has 1 aromatic heterocycles. The third-order valence-electron chi connectivity index (χ3n) is 6.84. The first kappa shape index (κ1) is 30.6. The molecular weight excluding hydrogens is 483 g/mol. The summed E-state index contributed by atoms with van der Waals surface area (Å²) in [5.74, 6) is 1.49. The fourth-order valence-corrected chi connectivity index (χ4v) is 4.63. The maximum absolute atomic E-state index is 13.1. The zero-order valence-corrected chi connectivity index (χ0v) is 23.3. The van der Waals surface area contributed by atoms with Crippen molar-refractivity contribution < 1.29 is 13.2 Å². The molecule has 7 heteroatoms. The van der Waals surface area contributed by atoms with E-state index in [1.165, 1.54) is 32.2 Å². The molecule has 36 heavy (non-hydrogen) atoms. The lowest BCUT2D eigenvalue weighted by atomic mass is 9.73. The Kier molecular flexibility index (Phi) is 12.2. The number of benzene rings is 1. The Balaban J connectivity index is 0.000000214. The Morgan fingerprint density at radius 1 is 1.00 bits per heavy atom. The molecule has 1 aromatic carbocycles. The molecule has 0 radical (unpaired) electrons. The van der Waals surface area contributed by atoms with Crippen molar-refractivity contribution in [2.75, 3.05) is 13.6 Å². The van der Waals surface area contributed by atoms with Crippen LogP contribution in [0.15, 0.2) is 30.3 Å². The highest BCUT2D eigenvalue weighted by Crippen LogP contribution is 2.41. The zero-order chi connectivity index (χ0) is 26.8. The van der Waals surface area contributed by atoms with E-state index in [0.717, 1.165) is 23.8 Å². The van der Waals surface area contributed by atoms with Crippen LogP contribution in [0.1, 0.15) is 101 Å². The number of nitrogens with zero attached hydrogens (tertiary/aromatic N) is 2. The first-order valence-corrected chi connectivity index (χ1v) is 13.7. The van der Waals surface area contributed by atoms with Gasteiger partial charge in [-0.1, -0.05) is 63.9 Å². The summed E-state index contributed by atoms with van der Waals surface area (Å²) in [6.07, 6.45) is 4.72. The van der Waals surface area contributed by atoms with Crippen molar-refractivity contribution in [3.8, 4) is 0 Å². The minimum atomic E-state index is -4.37. The second-order valence-electron chi connectivity index (χ2n) is 10.7. The number of aromatic nitrogens is 2. The third kappa shape index (κ3) is 10.4. The predicted octanol–water partition coefficient (Wildman–Crippen LogP) is 8.65. The lowest BCUT2D eigenvalue weighted by molar-refractivity contribution is -0.142. The van der Waals surface area contributed by atoms with Gasteiger partial charge in [-0.15, -0.1) is 0 Å². The molecule has 0 saturated heterocycles. The number of hydrogen-bond donors (Lipinski definition) is 1. The van der Waals surface area contributed by atoms with Crippen LogP contribution in [-0.2, 0) is 19.0 Å². The van der Waals surface area contributed by atoms with Gasteiger partial charge in [-0.05, 0) is 88.4 Å². The van der Waals surface area contributed by atoms with Crippen molar-refractivity contribution in [2.24, 2.45) is 11.3 Å². The fourth-order valence-electron chi connectivity index (χ4n) is 4.48. The average molecular weight is 526 g/mol. The smallest absolute Gasteiger partial charge is 0.319 e. The lowest BCUT2D eigenvalue weighted by Gasteiger charge is -2.34. The minimum absolute atomic E-state index is 0.145. The van der Waals surface area contributed by atoms with Gasteiger partial charge in [-0.25, -0.2) is 9.97 Å². The standard InChI is InChI=1S/C13H17F3N2.C10H21N.C6H5Cl/c1-3-5-9-10(4-2)17-12(8-6-7-8)18-11(9)13(14,15)16;1-10(2)6-4-9(5-7-10)8-11-3;7-6-4-2-1-3-5-6/h8H,3-7H2,1-2H3;9,11H,4-8H2,1-3H3;1-5H. The van der Waals surface area contributed by atoms with Crippen LogP contribution < -0.4 is 5.32 Å². The van der Waals surface area contributed by atoms with Gasteiger partial charge in [-0.2, -0.15) is 13.2 Å². The molecule has 1 N–H and O–H groups in total. The van der Waals surface area contributed by atoms with E-state index in [1.54, 1.807) is 0 Å². The molecular formula is C29H43ClF3N3. The molecule has 0 unspecified atom stereocenters. The Morgan fingerprint density at radius 3 is 2.03 bits per heavy atom. The van der Waals surface area contributed by atoms with Crippen molar-refractivity contribution in [2.45, 2.75) is 97.6 Å². The molecule has 2 fully saturated rings. The number of rotatable bonds is 6. The first-order chi connectivity index (χ1) is 17.0. The predicted molar refractivity (Wildman–Crippen MR) is 143 cm³/mol. The normalized spacial score (nSPS) is 17.5. The molecule has 2 aromatic rings. The second-order valence-corrected chi connectivity index (χ2v) is 11.1. The highest BCUT2D eigenvalue weighted by atomic mass is 35.5. The third-order valence-corrected chi connectivity index (χ3v) is 7.09. The van der Waals surface area contributed by atoms with E-state index < -0.39 is 11.9 Å². The summed E-state index contributed by atoms with van der Waals surface area (Å²) < 4.78 is 39.2. The topological polar surface area (TPSA) is 37.8 Å². The molecule has 0 atom stereocenters. The molecule has 3 nitrogen and oxygen atoms in total. The van der Waals surface area contributed by atoms with Crippen LogP contribution >= 0.6 is 11.6 Å². The van der Waals surface area contributed by atoms with Crippen LogP contribution in [0.25, 0.3) is 0 Å².